The van der Waals surface area contributed by atoms with Gasteiger partial charge in [0.1, 0.15) is 7.14 Å². The summed E-state index contributed by atoms with van der Waals surface area (Å²) in [6.07, 6.45) is 0.382. The van der Waals surface area contributed by atoms with Crippen LogP contribution in [0.25, 0.3) is 0 Å². The van der Waals surface area contributed by atoms with E-state index in [9.17, 15) is 4.57 Å². The molecule has 0 aliphatic heterocycles. The predicted octanol–water partition coefficient (Wildman–Crippen LogP) is 5.07. The zero-order chi connectivity index (χ0) is 17.2. The van der Waals surface area contributed by atoms with E-state index in [1.54, 1.807) is 0 Å². The Hall–Kier alpha value is -1.06. The average Bonchev–Trinajstić information content (AvgIpc) is 2.59. The maximum absolute atomic E-state index is 14.1. The SMILES string of the molecule is O=P(Cc1c(S)cc(S)cc1S)(c1ccccc1)c1ccccc1. The summed E-state index contributed by atoms with van der Waals surface area (Å²) >= 11 is 13.5. The Morgan fingerprint density at radius 1 is 0.708 bits per heavy atom. The van der Waals surface area contributed by atoms with Crippen LogP contribution in [0.5, 0.6) is 0 Å². The van der Waals surface area contributed by atoms with E-state index in [2.05, 4.69) is 37.9 Å². The Morgan fingerprint density at radius 2 is 1.12 bits per heavy atom. The molecule has 0 fully saturated rings. The first kappa shape index (κ1) is 17.8. The van der Waals surface area contributed by atoms with Crippen molar-refractivity contribution in [1.29, 1.82) is 0 Å². The molecule has 3 rings (SSSR count). The molecule has 5 heteroatoms. The van der Waals surface area contributed by atoms with Gasteiger partial charge in [-0.3, -0.25) is 0 Å². The molecule has 0 saturated heterocycles. The zero-order valence-electron chi connectivity index (χ0n) is 12.8. The predicted molar refractivity (Wildman–Crippen MR) is 112 cm³/mol. The normalized spacial score (nSPS) is 11.5. The number of hydrogen-bond donors (Lipinski definition) is 3. The van der Waals surface area contributed by atoms with E-state index in [4.69, 9.17) is 0 Å². The van der Waals surface area contributed by atoms with Crippen molar-refractivity contribution in [2.24, 2.45) is 0 Å². The van der Waals surface area contributed by atoms with E-state index in [1.165, 1.54) is 0 Å². The van der Waals surface area contributed by atoms with Crippen LogP contribution >= 0.6 is 45.0 Å². The van der Waals surface area contributed by atoms with Crippen molar-refractivity contribution in [3.8, 4) is 0 Å². The van der Waals surface area contributed by atoms with Crippen molar-refractivity contribution >= 4 is 55.6 Å². The van der Waals surface area contributed by atoms with Gasteiger partial charge in [0.25, 0.3) is 0 Å². The van der Waals surface area contributed by atoms with E-state index in [0.29, 0.717) is 6.16 Å². The largest absolute Gasteiger partial charge is 0.313 e. The van der Waals surface area contributed by atoms with E-state index in [0.717, 1.165) is 30.9 Å². The molecule has 0 spiro atoms. The smallest absolute Gasteiger partial charge is 0.147 e. The molecule has 0 N–H and O–H groups in total. The van der Waals surface area contributed by atoms with Gasteiger partial charge in [0.2, 0.25) is 0 Å². The van der Waals surface area contributed by atoms with Crippen LogP contribution in [0.15, 0.2) is 87.5 Å². The number of rotatable bonds is 4. The maximum atomic E-state index is 14.1. The molecule has 0 aliphatic rings. The molecule has 3 aromatic rings. The second-order valence-corrected chi connectivity index (χ2v) is 9.84. The molecule has 0 unspecified atom stereocenters. The molecule has 0 bridgehead atoms. The third-order valence-corrected chi connectivity index (χ3v) is 8.00. The van der Waals surface area contributed by atoms with Gasteiger partial charge in [0.05, 0.1) is 0 Å². The summed E-state index contributed by atoms with van der Waals surface area (Å²) in [5.74, 6) is 0. The van der Waals surface area contributed by atoms with Crippen molar-refractivity contribution in [3.63, 3.8) is 0 Å². The zero-order valence-corrected chi connectivity index (χ0v) is 16.4. The molecule has 0 aromatic heterocycles. The van der Waals surface area contributed by atoms with Crippen LogP contribution in [0, 0.1) is 0 Å². The third-order valence-electron chi connectivity index (χ3n) is 3.91. The van der Waals surface area contributed by atoms with Gasteiger partial charge in [-0.25, -0.2) is 0 Å². The van der Waals surface area contributed by atoms with Crippen molar-refractivity contribution in [2.75, 3.05) is 0 Å². The molecule has 0 atom stereocenters. The van der Waals surface area contributed by atoms with Crippen molar-refractivity contribution < 1.29 is 4.57 Å². The Morgan fingerprint density at radius 3 is 1.54 bits per heavy atom. The third kappa shape index (κ3) is 3.62. The second kappa shape index (κ2) is 7.45. The summed E-state index contributed by atoms with van der Waals surface area (Å²) in [4.78, 5) is 2.32. The van der Waals surface area contributed by atoms with Crippen LogP contribution in [0.2, 0.25) is 0 Å². The average molecular weight is 389 g/mol. The van der Waals surface area contributed by atoms with E-state index >= 15 is 0 Å². The summed E-state index contributed by atoms with van der Waals surface area (Å²) in [5, 5.41) is 1.68. The summed E-state index contributed by atoms with van der Waals surface area (Å²) in [6, 6.07) is 23.0. The van der Waals surface area contributed by atoms with Gasteiger partial charge in [-0.05, 0) is 17.7 Å². The van der Waals surface area contributed by atoms with Gasteiger partial charge in [0, 0.05) is 31.5 Å². The molecule has 0 radical (unpaired) electrons. The number of thiol groups is 3. The quantitative estimate of drug-likeness (QED) is 0.420. The Kier molecular flexibility index (Phi) is 5.51. The van der Waals surface area contributed by atoms with Crippen LogP contribution < -0.4 is 10.6 Å². The van der Waals surface area contributed by atoms with E-state index < -0.39 is 7.14 Å². The highest BCUT2D eigenvalue weighted by molar-refractivity contribution is 7.82. The van der Waals surface area contributed by atoms with Crippen LogP contribution in [0.3, 0.4) is 0 Å². The minimum absolute atomic E-state index is 0.382. The molecule has 24 heavy (non-hydrogen) atoms. The lowest BCUT2D eigenvalue weighted by Crippen LogP contribution is -2.17. The van der Waals surface area contributed by atoms with Gasteiger partial charge in [0.15, 0.2) is 0 Å². The van der Waals surface area contributed by atoms with Crippen molar-refractivity contribution in [3.05, 3.63) is 78.4 Å². The van der Waals surface area contributed by atoms with Crippen molar-refractivity contribution in [2.45, 2.75) is 20.8 Å². The standard InChI is InChI=1S/C19H17OPS3/c20-21(14-7-3-1-4-8-14,15-9-5-2-6-10-15)13-17-18(23)11-16(22)12-19(17)24/h1-12,22-24H,13H2. The number of benzene rings is 3. The Labute approximate surface area is 159 Å². The fourth-order valence-corrected chi connectivity index (χ4v) is 6.91. The summed E-state index contributed by atoms with van der Waals surface area (Å²) in [7, 11) is -2.84. The fourth-order valence-electron chi connectivity index (χ4n) is 2.68. The van der Waals surface area contributed by atoms with Crippen LogP contribution in [-0.4, -0.2) is 0 Å². The van der Waals surface area contributed by atoms with E-state index in [-0.39, 0.29) is 0 Å². The van der Waals surface area contributed by atoms with Gasteiger partial charge in [-0.2, -0.15) is 0 Å². The lowest BCUT2D eigenvalue weighted by atomic mass is 10.2. The number of hydrogen-bond acceptors (Lipinski definition) is 4. The van der Waals surface area contributed by atoms with Crippen molar-refractivity contribution in [1.82, 2.24) is 0 Å². The monoisotopic (exact) mass is 388 g/mol. The highest BCUT2D eigenvalue weighted by atomic mass is 32.1. The van der Waals surface area contributed by atoms with Crippen LogP contribution in [-0.2, 0) is 10.7 Å². The van der Waals surface area contributed by atoms with Gasteiger partial charge < -0.3 is 4.57 Å². The molecule has 0 saturated carbocycles. The summed E-state index contributed by atoms with van der Waals surface area (Å²) < 4.78 is 14.1. The Bertz CT molecular complexity index is 828. The van der Waals surface area contributed by atoms with Crippen LogP contribution in [0.1, 0.15) is 5.56 Å². The second-order valence-electron chi connectivity index (χ2n) is 5.53. The highest BCUT2D eigenvalue weighted by Crippen LogP contribution is 2.49. The highest BCUT2D eigenvalue weighted by Gasteiger charge is 2.29. The molecule has 3 aromatic carbocycles. The first-order valence-corrected chi connectivity index (χ1v) is 10.7. The van der Waals surface area contributed by atoms with Gasteiger partial charge >= 0.3 is 0 Å². The Balaban J connectivity index is 2.16. The summed E-state index contributed by atoms with van der Waals surface area (Å²) in [6.45, 7) is 0. The van der Waals surface area contributed by atoms with E-state index in [1.807, 2.05) is 72.8 Å². The minimum Gasteiger partial charge on any atom is -0.313 e. The first-order chi connectivity index (χ1) is 11.5. The molecule has 1 nitrogen and oxygen atoms in total. The minimum atomic E-state index is -2.84. The molecular formula is C19H17OPS3. The lowest BCUT2D eigenvalue weighted by Gasteiger charge is -2.21. The molecule has 122 valence electrons. The molecule has 0 amide bonds. The van der Waals surface area contributed by atoms with Gasteiger partial charge in [-0.15, -0.1) is 37.9 Å². The molecular weight excluding hydrogens is 371 g/mol. The first-order valence-electron chi connectivity index (χ1n) is 7.45. The lowest BCUT2D eigenvalue weighted by molar-refractivity contribution is 0.586. The maximum Gasteiger partial charge on any atom is 0.147 e. The fraction of sp³-hybridized carbons (Fsp3) is 0.0526. The molecule has 0 aliphatic carbocycles. The molecule has 0 heterocycles. The van der Waals surface area contributed by atoms with Gasteiger partial charge in [-0.1, -0.05) is 60.7 Å². The topological polar surface area (TPSA) is 17.1 Å². The van der Waals surface area contributed by atoms with Crippen LogP contribution in [0.4, 0.5) is 0 Å². The summed E-state index contributed by atoms with van der Waals surface area (Å²) in [5.41, 5.74) is 0.885.